The highest BCUT2D eigenvalue weighted by Gasteiger charge is 2.22. The van der Waals surface area contributed by atoms with Crippen molar-refractivity contribution in [3.05, 3.63) is 34.9 Å². The minimum Gasteiger partial charge on any atom is -0.346 e. The molecule has 0 heterocycles. The van der Waals surface area contributed by atoms with E-state index in [0.29, 0.717) is 5.56 Å². The van der Waals surface area contributed by atoms with E-state index in [-0.39, 0.29) is 6.04 Å². The van der Waals surface area contributed by atoms with Gasteiger partial charge >= 0.3 is 0 Å². The van der Waals surface area contributed by atoms with Gasteiger partial charge in [0.25, 0.3) is 5.91 Å². The Kier molecular flexibility index (Phi) is 4.35. The molecule has 0 spiro atoms. The summed E-state index contributed by atoms with van der Waals surface area (Å²) in [6.45, 7) is 3.84. The van der Waals surface area contributed by atoms with E-state index in [1.54, 1.807) is 6.07 Å². The number of carbonyl (C=O) groups excluding carboxylic acids is 2. The van der Waals surface area contributed by atoms with Crippen LogP contribution in [0.3, 0.4) is 0 Å². The number of rotatable bonds is 3. The van der Waals surface area contributed by atoms with Crippen molar-refractivity contribution in [3.63, 3.8) is 0 Å². The number of hydrogen-bond acceptors (Lipinski definition) is 2. The van der Waals surface area contributed by atoms with Gasteiger partial charge < -0.3 is 5.32 Å². The lowest BCUT2D eigenvalue weighted by atomic mass is 9.95. The van der Waals surface area contributed by atoms with Gasteiger partial charge in [0.1, 0.15) is 0 Å². The van der Waals surface area contributed by atoms with Crippen molar-refractivity contribution >= 4 is 11.7 Å². The Labute approximate surface area is 114 Å². The Morgan fingerprint density at radius 3 is 2.42 bits per heavy atom. The topological polar surface area (TPSA) is 46.2 Å². The third-order valence-corrected chi connectivity index (χ3v) is 3.77. The molecule has 0 bridgehead atoms. The zero-order valence-electron chi connectivity index (χ0n) is 11.7. The second kappa shape index (κ2) is 6.00. The summed E-state index contributed by atoms with van der Waals surface area (Å²) < 4.78 is 0. The molecule has 1 aliphatic rings. The van der Waals surface area contributed by atoms with Crippen LogP contribution in [0.25, 0.3) is 0 Å². The predicted octanol–water partition coefficient (Wildman–Crippen LogP) is 2.94. The molecule has 0 radical (unpaired) electrons. The van der Waals surface area contributed by atoms with E-state index < -0.39 is 11.7 Å². The monoisotopic (exact) mass is 259 g/mol. The summed E-state index contributed by atoms with van der Waals surface area (Å²) in [5.74, 6) is -0.873. The maximum atomic E-state index is 12.1. The molecule has 1 aromatic rings. The average Bonchev–Trinajstić information content (AvgIpc) is 2.39. The van der Waals surface area contributed by atoms with Crippen molar-refractivity contribution in [1.82, 2.24) is 5.32 Å². The van der Waals surface area contributed by atoms with Crippen LogP contribution in [-0.4, -0.2) is 17.7 Å². The summed E-state index contributed by atoms with van der Waals surface area (Å²) in [6.07, 6.45) is 5.50. The molecule has 0 atom stereocenters. The first kappa shape index (κ1) is 13.8. The number of ketones is 1. The molecule has 2 rings (SSSR count). The second-order valence-electron chi connectivity index (χ2n) is 5.46. The lowest BCUT2D eigenvalue weighted by Crippen LogP contribution is -2.40. The Balaban J connectivity index is 2.03. The highest BCUT2D eigenvalue weighted by molar-refractivity contribution is 6.43. The summed E-state index contributed by atoms with van der Waals surface area (Å²) in [5.41, 5.74) is 2.48. The number of Topliss-reactive ketones (excluding diaryl/α,β-unsaturated/α-hetero) is 1. The van der Waals surface area contributed by atoms with Crippen LogP contribution in [0.4, 0.5) is 0 Å². The fourth-order valence-corrected chi connectivity index (χ4v) is 2.69. The number of nitrogens with one attached hydrogen (secondary N) is 1. The largest absolute Gasteiger partial charge is 0.346 e. The molecule has 1 amide bonds. The van der Waals surface area contributed by atoms with E-state index in [2.05, 4.69) is 5.32 Å². The van der Waals surface area contributed by atoms with Crippen LogP contribution < -0.4 is 5.32 Å². The Morgan fingerprint density at radius 1 is 1.11 bits per heavy atom. The van der Waals surface area contributed by atoms with Crippen LogP contribution in [0.5, 0.6) is 0 Å². The van der Waals surface area contributed by atoms with E-state index in [1.165, 1.54) is 6.42 Å². The Hall–Kier alpha value is -1.64. The summed E-state index contributed by atoms with van der Waals surface area (Å²) in [7, 11) is 0. The molecule has 0 aromatic heterocycles. The Bertz CT molecular complexity index is 488. The summed E-state index contributed by atoms with van der Waals surface area (Å²) in [5, 5.41) is 2.87. The molecule has 3 heteroatoms. The fraction of sp³-hybridized carbons (Fsp3) is 0.500. The van der Waals surface area contributed by atoms with E-state index in [1.807, 2.05) is 26.0 Å². The van der Waals surface area contributed by atoms with E-state index in [9.17, 15) is 9.59 Å². The molecule has 1 saturated carbocycles. The van der Waals surface area contributed by atoms with E-state index in [4.69, 9.17) is 0 Å². The molecule has 1 aromatic carbocycles. The molecule has 1 N–H and O–H groups in total. The zero-order chi connectivity index (χ0) is 13.8. The van der Waals surface area contributed by atoms with Gasteiger partial charge in [-0.1, -0.05) is 43.0 Å². The molecular formula is C16H21NO2. The third kappa shape index (κ3) is 3.43. The maximum absolute atomic E-state index is 12.1. The maximum Gasteiger partial charge on any atom is 0.292 e. The van der Waals surface area contributed by atoms with Crippen LogP contribution in [0, 0.1) is 13.8 Å². The van der Waals surface area contributed by atoms with Gasteiger partial charge in [-0.05, 0) is 32.3 Å². The minimum atomic E-state index is -0.459. The summed E-state index contributed by atoms with van der Waals surface area (Å²) in [6, 6.07) is 5.72. The van der Waals surface area contributed by atoms with Crippen LogP contribution in [-0.2, 0) is 4.79 Å². The van der Waals surface area contributed by atoms with Gasteiger partial charge in [-0.3, -0.25) is 9.59 Å². The van der Waals surface area contributed by atoms with Gasteiger partial charge in [0.05, 0.1) is 0 Å². The number of amides is 1. The normalized spacial score (nSPS) is 16.1. The molecule has 0 saturated heterocycles. The summed E-state index contributed by atoms with van der Waals surface area (Å²) in [4.78, 5) is 24.1. The number of carbonyl (C=O) groups is 2. The fourth-order valence-electron chi connectivity index (χ4n) is 2.69. The van der Waals surface area contributed by atoms with Gasteiger partial charge in [0.15, 0.2) is 0 Å². The smallest absolute Gasteiger partial charge is 0.292 e. The van der Waals surface area contributed by atoms with Crippen LogP contribution in [0.2, 0.25) is 0 Å². The molecule has 19 heavy (non-hydrogen) atoms. The standard InChI is InChI=1S/C16H21NO2/c1-11-8-9-14(12(2)10-11)15(18)16(19)17-13-6-4-3-5-7-13/h8-10,13H,3-7H2,1-2H3,(H,17,19). The van der Waals surface area contributed by atoms with E-state index in [0.717, 1.165) is 36.8 Å². The third-order valence-electron chi connectivity index (χ3n) is 3.77. The highest BCUT2D eigenvalue weighted by atomic mass is 16.2. The van der Waals surface area contributed by atoms with Crippen LogP contribution >= 0.6 is 0 Å². The predicted molar refractivity (Wildman–Crippen MR) is 75.3 cm³/mol. The molecule has 1 fully saturated rings. The molecule has 0 aliphatic heterocycles. The summed E-state index contributed by atoms with van der Waals surface area (Å²) >= 11 is 0. The molecular weight excluding hydrogens is 238 g/mol. The SMILES string of the molecule is Cc1ccc(C(=O)C(=O)NC2CCCCC2)c(C)c1. The lowest BCUT2D eigenvalue weighted by Gasteiger charge is -2.22. The van der Waals surface area contributed by atoms with Crippen LogP contribution in [0.15, 0.2) is 18.2 Å². The first-order valence-electron chi connectivity index (χ1n) is 7.00. The molecule has 102 valence electrons. The van der Waals surface area contributed by atoms with Crippen molar-refractivity contribution in [2.75, 3.05) is 0 Å². The van der Waals surface area contributed by atoms with Gasteiger partial charge in [-0.2, -0.15) is 0 Å². The number of aryl methyl sites for hydroxylation is 2. The minimum absolute atomic E-state index is 0.177. The average molecular weight is 259 g/mol. The Morgan fingerprint density at radius 2 is 1.79 bits per heavy atom. The van der Waals surface area contributed by atoms with Crippen molar-refractivity contribution in [2.45, 2.75) is 52.0 Å². The molecule has 1 aliphatic carbocycles. The molecule has 3 nitrogen and oxygen atoms in total. The lowest BCUT2D eigenvalue weighted by molar-refractivity contribution is -0.117. The number of benzene rings is 1. The highest BCUT2D eigenvalue weighted by Crippen LogP contribution is 2.18. The quantitative estimate of drug-likeness (QED) is 0.670. The van der Waals surface area contributed by atoms with Gasteiger partial charge in [-0.15, -0.1) is 0 Å². The van der Waals surface area contributed by atoms with Crippen molar-refractivity contribution in [1.29, 1.82) is 0 Å². The first-order valence-corrected chi connectivity index (χ1v) is 7.00. The van der Waals surface area contributed by atoms with Gasteiger partial charge in [-0.25, -0.2) is 0 Å². The molecule has 0 unspecified atom stereocenters. The van der Waals surface area contributed by atoms with Crippen molar-refractivity contribution in [3.8, 4) is 0 Å². The van der Waals surface area contributed by atoms with Gasteiger partial charge in [0, 0.05) is 11.6 Å². The van der Waals surface area contributed by atoms with Crippen molar-refractivity contribution < 1.29 is 9.59 Å². The van der Waals surface area contributed by atoms with Crippen LogP contribution in [0.1, 0.15) is 53.6 Å². The second-order valence-corrected chi connectivity index (χ2v) is 5.46. The number of hydrogen-bond donors (Lipinski definition) is 1. The first-order chi connectivity index (χ1) is 9.08. The zero-order valence-corrected chi connectivity index (χ0v) is 11.7. The van der Waals surface area contributed by atoms with Crippen molar-refractivity contribution in [2.24, 2.45) is 0 Å². The van der Waals surface area contributed by atoms with Gasteiger partial charge in [0.2, 0.25) is 5.78 Å². The van der Waals surface area contributed by atoms with E-state index >= 15 is 0 Å².